The lowest BCUT2D eigenvalue weighted by molar-refractivity contribution is -0.284. The SMILES string of the molecule is O=C1OC2(CCCCC2)O[C@]12ON[C@@H]1COC[C@@H]12. The number of esters is 1. The molecule has 3 atom stereocenters. The van der Waals surface area contributed by atoms with Crippen molar-refractivity contribution in [3.8, 4) is 0 Å². The molecule has 0 unspecified atom stereocenters. The molecule has 1 saturated carbocycles. The molecule has 3 aliphatic heterocycles. The number of hydrogen-bond donors (Lipinski definition) is 1. The first kappa shape index (κ1) is 11.2. The molecule has 1 aliphatic carbocycles. The van der Waals surface area contributed by atoms with Gasteiger partial charge in [0.2, 0.25) is 5.79 Å². The lowest BCUT2D eigenvalue weighted by atomic mass is 9.93. The number of hydrogen-bond acceptors (Lipinski definition) is 6. The van der Waals surface area contributed by atoms with E-state index >= 15 is 0 Å². The van der Waals surface area contributed by atoms with Gasteiger partial charge < -0.3 is 9.47 Å². The normalized spacial score (nSPS) is 45.7. The van der Waals surface area contributed by atoms with Gasteiger partial charge in [0.1, 0.15) is 0 Å². The van der Waals surface area contributed by atoms with E-state index < -0.39 is 17.5 Å². The smallest absolute Gasteiger partial charge is 0.371 e. The monoisotopic (exact) mass is 255 g/mol. The van der Waals surface area contributed by atoms with E-state index in [1.54, 1.807) is 0 Å². The molecule has 1 N–H and O–H groups in total. The van der Waals surface area contributed by atoms with Gasteiger partial charge in [-0.25, -0.2) is 4.79 Å². The molecule has 0 amide bonds. The Morgan fingerprint density at radius 3 is 2.83 bits per heavy atom. The predicted molar refractivity (Wildman–Crippen MR) is 58.0 cm³/mol. The zero-order chi connectivity index (χ0) is 12.2. The van der Waals surface area contributed by atoms with E-state index in [4.69, 9.17) is 19.0 Å². The molecular weight excluding hydrogens is 238 g/mol. The summed E-state index contributed by atoms with van der Waals surface area (Å²) >= 11 is 0. The van der Waals surface area contributed by atoms with Crippen LogP contribution in [0.2, 0.25) is 0 Å². The van der Waals surface area contributed by atoms with E-state index in [2.05, 4.69) is 5.48 Å². The van der Waals surface area contributed by atoms with Gasteiger partial charge in [-0.05, 0) is 12.8 Å². The Balaban J connectivity index is 1.64. The number of ether oxygens (including phenoxy) is 3. The van der Waals surface area contributed by atoms with Crippen LogP contribution in [-0.4, -0.2) is 36.8 Å². The summed E-state index contributed by atoms with van der Waals surface area (Å²) in [6.07, 6.45) is 4.76. The number of carbonyl (C=O) groups excluding carboxylic acids is 1. The van der Waals surface area contributed by atoms with Crippen LogP contribution >= 0.6 is 0 Å². The topological polar surface area (TPSA) is 66.0 Å². The molecule has 4 rings (SSSR count). The third-order valence-corrected chi connectivity index (χ3v) is 4.45. The quantitative estimate of drug-likeness (QED) is 0.635. The standard InChI is InChI=1S/C12H17NO5/c14-10-12(8-6-15-7-9(8)13-18-12)17-11(16-10)4-2-1-3-5-11/h8-9,13H,1-7H2/t8-,9+,12+/m0/s1. The highest BCUT2D eigenvalue weighted by molar-refractivity contribution is 5.81. The number of hydroxylamine groups is 1. The highest BCUT2D eigenvalue weighted by atomic mass is 16.9. The molecule has 6 nitrogen and oxygen atoms in total. The fraction of sp³-hybridized carbons (Fsp3) is 0.917. The van der Waals surface area contributed by atoms with Gasteiger partial charge in [-0.3, -0.25) is 9.57 Å². The third kappa shape index (κ3) is 1.34. The molecule has 4 aliphatic rings. The summed E-state index contributed by atoms with van der Waals surface area (Å²) in [6, 6.07) is 0.0243. The molecule has 0 aromatic rings. The molecule has 3 heterocycles. The van der Waals surface area contributed by atoms with E-state index in [1.165, 1.54) is 6.42 Å². The number of nitrogens with one attached hydrogen (secondary N) is 1. The second-order valence-electron chi connectivity index (χ2n) is 5.60. The summed E-state index contributed by atoms with van der Waals surface area (Å²) in [6.45, 7) is 1.03. The summed E-state index contributed by atoms with van der Waals surface area (Å²) in [5, 5.41) is 0. The van der Waals surface area contributed by atoms with Gasteiger partial charge in [0.15, 0.2) is 0 Å². The Kier molecular flexibility index (Phi) is 2.27. The van der Waals surface area contributed by atoms with Crippen molar-refractivity contribution in [3.05, 3.63) is 0 Å². The van der Waals surface area contributed by atoms with Crippen molar-refractivity contribution in [1.29, 1.82) is 0 Å². The summed E-state index contributed by atoms with van der Waals surface area (Å²) in [4.78, 5) is 17.7. The van der Waals surface area contributed by atoms with Crippen molar-refractivity contribution in [3.63, 3.8) is 0 Å². The molecule has 18 heavy (non-hydrogen) atoms. The third-order valence-electron chi connectivity index (χ3n) is 4.45. The maximum Gasteiger partial charge on any atom is 0.371 e. The summed E-state index contributed by atoms with van der Waals surface area (Å²) < 4.78 is 17.0. The van der Waals surface area contributed by atoms with Crippen LogP contribution in [0.1, 0.15) is 32.1 Å². The lowest BCUT2D eigenvalue weighted by Gasteiger charge is -2.32. The minimum absolute atomic E-state index is 0.0243. The Morgan fingerprint density at radius 2 is 2.00 bits per heavy atom. The minimum Gasteiger partial charge on any atom is -0.429 e. The van der Waals surface area contributed by atoms with Crippen LogP contribution in [0.5, 0.6) is 0 Å². The number of carbonyl (C=O) groups is 1. The summed E-state index contributed by atoms with van der Waals surface area (Å²) in [5.74, 6) is -2.53. The minimum atomic E-state index is -1.28. The van der Waals surface area contributed by atoms with E-state index in [9.17, 15) is 4.79 Å². The zero-order valence-electron chi connectivity index (χ0n) is 10.1. The Labute approximate surface area is 105 Å². The second kappa shape index (κ2) is 3.66. The van der Waals surface area contributed by atoms with Gasteiger partial charge in [0.25, 0.3) is 5.79 Å². The zero-order valence-corrected chi connectivity index (χ0v) is 10.1. The number of fused-ring (bicyclic) bond motifs is 2. The van der Waals surface area contributed by atoms with Crippen molar-refractivity contribution >= 4 is 5.97 Å². The maximum absolute atomic E-state index is 12.2. The molecule has 0 aromatic heterocycles. The van der Waals surface area contributed by atoms with Gasteiger partial charge in [-0.2, -0.15) is 5.48 Å². The molecule has 0 radical (unpaired) electrons. The fourth-order valence-electron chi connectivity index (χ4n) is 3.45. The van der Waals surface area contributed by atoms with E-state index in [0.29, 0.717) is 13.2 Å². The highest BCUT2D eigenvalue weighted by Crippen LogP contribution is 2.49. The van der Waals surface area contributed by atoms with Gasteiger partial charge in [0, 0.05) is 12.8 Å². The van der Waals surface area contributed by atoms with Crippen LogP contribution in [0.15, 0.2) is 0 Å². The fourth-order valence-corrected chi connectivity index (χ4v) is 3.45. The lowest BCUT2D eigenvalue weighted by Crippen LogP contribution is -2.46. The van der Waals surface area contributed by atoms with Crippen molar-refractivity contribution < 1.29 is 23.8 Å². The van der Waals surface area contributed by atoms with Crippen molar-refractivity contribution in [2.24, 2.45) is 5.92 Å². The van der Waals surface area contributed by atoms with E-state index in [1.807, 2.05) is 0 Å². The molecule has 6 heteroatoms. The average Bonchev–Trinajstić information content (AvgIpc) is 3.00. The summed E-state index contributed by atoms with van der Waals surface area (Å²) in [7, 11) is 0. The van der Waals surface area contributed by atoms with Gasteiger partial charge in [-0.1, -0.05) is 6.42 Å². The Hall–Kier alpha value is -0.690. The van der Waals surface area contributed by atoms with Crippen LogP contribution in [-0.2, 0) is 23.8 Å². The van der Waals surface area contributed by atoms with E-state index in [-0.39, 0.29) is 12.0 Å². The Bertz CT molecular complexity index is 381. The molecule has 2 spiro atoms. The first-order valence-corrected chi connectivity index (χ1v) is 6.69. The second-order valence-corrected chi connectivity index (χ2v) is 5.60. The van der Waals surface area contributed by atoms with Crippen LogP contribution in [0.3, 0.4) is 0 Å². The molecular formula is C12H17NO5. The highest BCUT2D eigenvalue weighted by Gasteiger charge is 2.69. The van der Waals surface area contributed by atoms with Crippen molar-refractivity contribution in [2.75, 3.05) is 13.2 Å². The first-order valence-electron chi connectivity index (χ1n) is 6.69. The summed E-state index contributed by atoms with van der Waals surface area (Å²) in [5.41, 5.74) is 2.85. The maximum atomic E-state index is 12.2. The molecule has 4 fully saturated rings. The molecule has 3 saturated heterocycles. The van der Waals surface area contributed by atoms with Crippen molar-refractivity contribution in [2.45, 2.75) is 49.7 Å². The van der Waals surface area contributed by atoms with Gasteiger partial charge in [0.05, 0.1) is 25.2 Å². The van der Waals surface area contributed by atoms with Crippen LogP contribution in [0, 0.1) is 5.92 Å². The first-order chi connectivity index (χ1) is 8.74. The molecule has 0 aromatic carbocycles. The molecule has 100 valence electrons. The molecule has 0 bridgehead atoms. The average molecular weight is 255 g/mol. The van der Waals surface area contributed by atoms with Crippen LogP contribution < -0.4 is 5.48 Å². The van der Waals surface area contributed by atoms with Crippen LogP contribution in [0.4, 0.5) is 0 Å². The number of rotatable bonds is 0. The van der Waals surface area contributed by atoms with E-state index in [0.717, 1.165) is 25.7 Å². The van der Waals surface area contributed by atoms with Crippen LogP contribution in [0.25, 0.3) is 0 Å². The van der Waals surface area contributed by atoms with Crippen molar-refractivity contribution in [1.82, 2.24) is 5.48 Å². The predicted octanol–water partition coefficient (Wildman–Crippen LogP) is 0.466. The largest absolute Gasteiger partial charge is 0.429 e. The van der Waals surface area contributed by atoms with Gasteiger partial charge >= 0.3 is 5.97 Å². The van der Waals surface area contributed by atoms with Gasteiger partial charge in [-0.15, -0.1) is 0 Å². The Morgan fingerprint density at radius 1 is 1.17 bits per heavy atom.